The lowest BCUT2D eigenvalue weighted by Gasteiger charge is -2.15. The highest BCUT2D eigenvalue weighted by molar-refractivity contribution is 7.26. The van der Waals surface area contributed by atoms with Crippen LogP contribution in [0, 0.1) is 0 Å². The van der Waals surface area contributed by atoms with Crippen LogP contribution in [-0.4, -0.2) is 13.2 Å². The fourth-order valence-corrected chi connectivity index (χ4v) is 4.24. The summed E-state index contributed by atoms with van der Waals surface area (Å²) in [4.78, 5) is 2.44. The van der Waals surface area contributed by atoms with Gasteiger partial charge in [0.05, 0.1) is 4.88 Å². The van der Waals surface area contributed by atoms with Gasteiger partial charge in [-0.1, -0.05) is 18.2 Å². The fourth-order valence-electron chi connectivity index (χ4n) is 2.13. The van der Waals surface area contributed by atoms with E-state index in [0.717, 1.165) is 11.5 Å². The highest BCUT2D eigenvalue weighted by Gasteiger charge is 2.20. The molecule has 4 rings (SSSR count). The molecule has 2 nitrogen and oxygen atoms in total. The molecule has 1 aliphatic rings. The molecule has 0 bridgehead atoms. The van der Waals surface area contributed by atoms with Crippen molar-refractivity contribution in [2.75, 3.05) is 13.2 Å². The number of rotatable bonds is 1. The average molecular weight is 274 g/mol. The van der Waals surface area contributed by atoms with Gasteiger partial charge in [0, 0.05) is 15.0 Å². The van der Waals surface area contributed by atoms with E-state index in [2.05, 4.69) is 30.3 Å². The molecule has 0 unspecified atom stereocenters. The molecule has 0 atom stereocenters. The Morgan fingerprint density at radius 3 is 2.89 bits per heavy atom. The van der Waals surface area contributed by atoms with Crippen LogP contribution in [0.4, 0.5) is 0 Å². The third-order valence-corrected chi connectivity index (χ3v) is 5.19. The van der Waals surface area contributed by atoms with Crippen molar-refractivity contribution >= 4 is 32.8 Å². The first-order valence-corrected chi connectivity index (χ1v) is 7.47. The molecule has 0 spiro atoms. The highest BCUT2D eigenvalue weighted by Crippen LogP contribution is 2.48. The zero-order chi connectivity index (χ0) is 11.9. The number of fused-ring (bicyclic) bond motifs is 2. The topological polar surface area (TPSA) is 18.5 Å². The van der Waals surface area contributed by atoms with Crippen molar-refractivity contribution in [2.24, 2.45) is 0 Å². The van der Waals surface area contributed by atoms with E-state index in [0.29, 0.717) is 13.2 Å². The van der Waals surface area contributed by atoms with Gasteiger partial charge in [0.15, 0.2) is 11.5 Å². The normalized spacial score (nSPS) is 14.0. The third kappa shape index (κ3) is 1.53. The van der Waals surface area contributed by atoms with Crippen LogP contribution in [0.25, 0.3) is 19.8 Å². The van der Waals surface area contributed by atoms with Gasteiger partial charge >= 0.3 is 0 Å². The summed E-state index contributed by atoms with van der Waals surface area (Å²) in [5, 5.41) is 3.32. The zero-order valence-electron chi connectivity index (χ0n) is 9.51. The van der Waals surface area contributed by atoms with Crippen molar-refractivity contribution < 1.29 is 9.47 Å². The second-order valence-corrected chi connectivity index (χ2v) is 6.07. The second kappa shape index (κ2) is 4.00. The van der Waals surface area contributed by atoms with Gasteiger partial charge in [-0.3, -0.25) is 0 Å². The van der Waals surface area contributed by atoms with E-state index in [1.165, 1.54) is 19.8 Å². The summed E-state index contributed by atoms with van der Waals surface area (Å²) in [7, 11) is 0. The molecule has 0 aliphatic carbocycles. The lowest BCUT2D eigenvalue weighted by atomic mass is 10.2. The van der Waals surface area contributed by atoms with Crippen molar-refractivity contribution in [3.63, 3.8) is 0 Å². The lowest BCUT2D eigenvalue weighted by molar-refractivity contribution is 0.174. The number of ether oxygens (including phenoxy) is 2. The molecule has 3 aromatic rings. The summed E-state index contributed by atoms with van der Waals surface area (Å²) in [6.45, 7) is 1.29. The predicted octanol–water partition coefficient (Wildman–Crippen LogP) is 4.40. The van der Waals surface area contributed by atoms with Crippen LogP contribution in [0.5, 0.6) is 11.5 Å². The van der Waals surface area contributed by atoms with Gasteiger partial charge < -0.3 is 9.47 Å². The van der Waals surface area contributed by atoms with E-state index in [9.17, 15) is 0 Å². The SMILES string of the molecule is c1ccc2sc(-c3scc4c3OCCO4)cc2c1. The van der Waals surface area contributed by atoms with Gasteiger partial charge in [0.2, 0.25) is 0 Å². The summed E-state index contributed by atoms with van der Waals surface area (Å²) >= 11 is 3.50. The van der Waals surface area contributed by atoms with Gasteiger partial charge in [0.1, 0.15) is 13.2 Å². The van der Waals surface area contributed by atoms with Crippen LogP contribution < -0.4 is 9.47 Å². The molecule has 4 heteroatoms. The van der Waals surface area contributed by atoms with Gasteiger partial charge in [-0.05, 0) is 17.5 Å². The molecule has 3 heterocycles. The Labute approximate surface area is 112 Å². The van der Waals surface area contributed by atoms with E-state index in [-0.39, 0.29) is 0 Å². The van der Waals surface area contributed by atoms with Crippen molar-refractivity contribution in [2.45, 2.75) is 0 Å². The maximum Gasteiger partial charge on any atom is 0.180 e. The van der Waals surface area contributed by atoms with E-state index in [4.69, 9.17) is 9.47 Å². The largest absolute Gasteiger partial charge is 0.485 e. The van der Waals surface area contributed by atoms with Gasteiger partial charge in [-0.25, -0.2) is 0 Å². The highest BCUT2D eigenvalue weighted by atomic mass is 32.1. The van der Waals surface area contributed by atoms with E-state index in [1.807, 2.05) is 5.38 Å². The molecule has 0 N–H and O–H groups in total. The van der Waals surface area contributed by atoms with Crippen molar-refractivity contribution in [3.05, 3.63) is 35.7 Å². The van der Waals surface area contributed by atoms with Crippen LogP contribution in [0.1, 0.15) is 0 Å². The maximum absolute atomic E-state index is 5.74. The fraction of sp³-hybridized carbons (Fsp3) is 0.143. The van der Waals surface area contributed by atoms with Crippen LogP contribution in [0.15, 0.2) is 35.7 Å². The standard InChI is InChI=1S/C14H10O2S2/c1-2-4-11-9(3-1)7-12(18-11)14-13-10(8-17-14)15-5-6-16-13/h1-4,7-8H,5-6H2. The van der Waals surface area contributed by atoms with Crippen LogP contribution in [0.2, 0.25) is 0 Å². The van der Waals surface area contributed by atoms with Crippen molar-refractivity contribution in [1.82, 2.24) is 0 Å². The predicted molar refractivity (Wildman–Crippen MR) is 76.1 cm³/mol. The molecule has 18 heavy (non-hydrogen) atoms. The molecule has 0 radical (unpaired) electrons. The quantitative estimate of drug-likeness (QED) is 0.654. The summed E-state index contributed by atoms with van der Waals surface area (Å²) < 4.78 is 12.6. The van der Waals surface area contributed by atoms with Gasteiger partial charge in [0.25, 0.3) is 0 Å². The molecule has 90 valence electrons. The summed E-state index contributed by atoms with van der Waals surface area (Å²) in [6, 6.07) is 10.7. The van der Waals surface area contributed by atoms with Crippen LogP contribution >= 0.6 is 22.7 Å². The Bertz CT molecular complexity index is 678. The van der Waals surface area contributed by atoms with Crippen molar-refractivity contribution in [1.29, 1.82) is 0 Å². The zero-order valence-corrected chi connectivity index (χ0v) is 11.1. The first kappa shape index (κ1) is 10.4. The first-order chi connectivity index (χ1) is 8.92. The lowest BCUT2D eigenvalue weighted by Crippen LogP contribution is -2.14. The second-order valence-electron chi connectivity index (χ2n) is 4.10. The molecule has 0 saturated heterocycles. The Morgan fingerprint density at radius 1 is 1.06 bits per heavy atom. The molecular formula is C14H10O2S2. The minimum Gasteiger partial charge on any atom is -0.485 e. The van der Waals surface area contributed by atoms with E-state index >= 15 is 0 Å². The van der Waals surface area contributed by atoms with Gasteiger partial charge in [-0.2, -0.15) is 0 Å². The summed E-state index contributed by atoms with van der Waals surface area (Å²) in [5.74, 6) is 1.80. The molecule has 2 aromatic heterocycles. The Balaban J connectivity index is 1.89. The smallest absolute Gasteiger partial charge is 0.180 e. The molecule has 0 amide bonds. The molecule has 0 saturated carbocycles. The van der Waals surface area contributed by atoms with Crippen molar-refractivity contribution in [3.8, 4) is 21.3 Å². The number of hydrogen-bond donors (Lipinski definition) is 0. The average Bonchev–Trinajstić information content (AvgIpc) is 3.02. The molecule has 1 aromatic carbocycles. The summed E-state index contributed by atoms with van der Waals surface area (Å²) in [6.07, 6.45) is 0. The Morgan fingerprint density at radius 2 is 1.94 bits per heavy atom. The first-order valence-electron chi connectivity index (χ1n) is 5.78. The number of hydrogen-bond acceptors (Lipinski definition) is 4. The molecular weight excluding hydrogens is 264 g/mol. The van der Waals surface area contributed by atoms with Crippen LogP contribution in [0.3, 0.4) is 0 Å². The van der Waals surface area contributed by atoms with E-state index < -0.39 is 0 Å². The monoisotopic (exact) mass is 274 g/mol. The minimum absolute atomic E-state index is 0.641. The van der Waals surface area contributed by atoms with Crippen LogP contribution in [-0.2, 0) is 0 Å². The number of benzene rings is 1. The molecule has 1 aliphatic heterocycles. The Kier molecular flexibility index (Phi) is 2.31. The molecule has 0 fully saturated rings. The third-order valence-electron chi connectivity index (χ3n) is 2.95. The number of thiophene rings is 2. The minimum atomic E-state index is 0.641. The maximum atomic E-state index is 5.74. The summed E-state index contributed by atoms with van der Waals surface area (Å²) in [5.41, 5.74) is 0. The van der Waals surface area contributed by atoms with E-state index in [1.54, 1.807) is 22.7 Å². The van der Waals surface area contributed by atoms with Gasteiger partial charge in [-0.15, -0.1) is 22.7 Å². The Hall–Kier alpha value is -1.52.